The van der Waals surface area contributed by atoms with E-state index in [2.05, 4.69) is 84.9 Å². The molecule has 8 saturated carbocycles. The predicted octanol–water partition coefficient (Wildman–Crippen LogP) is 13.3. The van der Waals surface area contributed by atoms with Crippen molar-refractivity contribution < 1.29 is 4.42 Å². The van der Waals surface area contributed by atoms with Gasteiger partial charge in [-0.3, -0.25) is 0 Å². The summed E-state index contributed by atoms with van der Waals surface area (Å²) in [7, 11) is 0. The number of nitrogens with zero attached hydrogens (tertiary/aromatic N) is 4. The van der Waals surface area contributed by atoms with Crippen molar-refractivity contribution in [2.45, 2.75) is 87.9 Å². The largest absolute Gasteiger partial charge is 0.436 e. The van der Waals surface area contributed by atoms with Gasteiger partial charge in [-0.2, -0.15) is 0 Å². The smallest absolute Gasteiger partial charge is 0.227 e. The minimum absolute atomic E-state index is 0.366. The van der Waals surface area contributed by atoms with Crippen LogP contribution >= 0.6 is 0 Å². The van der Waals surface area contributed by atoms with E-state index in [1.165, 1.54) is 88.2 Å². The summed E-state index contributed by atoms with van der Waals surface area (Å²) >= 11 is 0. The Morgan fingerprint density at radius 1 is 0.373 bits per heavy atom. The van der Waals surface area contributed by atoms with Gasteiger partial charge in [0.05, 0.1) is 0 Å². The van der Waals surface area contributed by atoms with Gasteiger partial charge in [0.2, 0.25) is 5.89 Å². The van der Waals surface area contributed by atoms with E-state index in [4.69, 9.17) is 24.4 Å². The number of hydrogen-bond donors (Lipinski definition) is 0. The van der Waals surface area contributed by atoms with Gasteiger partial charge in [-0.25, -0.2) is 19.9 Å². The molecule has 5 heteroatoms. The lowest BCUT2D eigenvalue weighted by Gasteiger charge is -2.57. The number of fused-ring (bicyclic) bond motifs is 1. The van der Waals surface area contributed by atoms with Gasteiger partial charge in [0.15, 0.2) is 23.1 Å². The van der Waals surface area contributed by atoms with E-state index in [0.717, 1.165) is 91.6 Å². The van der Waals surface area contributed by atoms with Crippen molar-refractivity contribution in [3.05, 3.63) is 132 Å². The lowest BCUT2D eigenvalue weighted by molar-refractivity contribution is -0.00530. The van der Waals surface area contributed by atoms with Gasteiger partial charge in [-0.1, -0.05) is 97.1 Å². The Bertz CT molecular complexity index is 2540. The summed E-state index contributed by atoms with van der Waals surface area (Å²) in [4.78, 5) is 20.4. The van der Waals surface area contributed by atoms with E-state index in [-0.39, 0.29) is 0 Å². The summed E-state index contributed by atoms with van der Waals surface area (Å²) in [5.74, 6) is 8.36. The van der Waals surface area contributed by atoms with Crippen LogP contribution in [0, 0.1) is 35.5 Å². The van der Waals surface area contributed by atoms with Crippen LogP contribution in [0.4, 0.5) is 0 Å². The van der Waals surface area contributed by atoms with E-state index in [1.807, 2.05) is 36.4 Å². The molecule has 0 amide bonds. The molecule has 2 aromatic heterocycles. The second kappa shape index (κ2) is 13.0. The molecule has 8 fully saturated rings. The van der Waals surface area contributed by atoms with Gasteiger partial charge in [-0.05, 0) is 170 Å². The van der Waals surface area contributed by atoms with Gasteiger partial charge >= 0.3 is 0 Å². The monoisotopic (exact) mass is 770 g/mol. The minimum atomic E-state index is 0.366. The Morgan fingerprint density at radius 2 is 0.763 bits per heavy atom. The first kappa shape index (κ1) is 34.4. The van der Waals surface area contributed by atoms with Crippen LogP contribution in [0.15, 0.2) is 126 Å². The minimum Gasteiger partial charge on any atom is -0.436 e. The summed E-state index contributed by atoms with van der Waals surface area (Å²) in [5, 5.41) is 0. The van der Waals surface area contributed by atoms with Crippen LogP contribution in [0.1, 0.15) is 88.2 Å². The number of aromatic nitrogens is 4. The van der Waals surface area contributed by atoms with Gasteiger partial charge < -0.3 is 4.42 Å². The van der Waals surface area contributed by atoms with Crippen molar-refractivity contribution in [2.24, 2.45) is 35.5 Å². The topological polar surface area (TPSA) is 64.7 Å². The number of hydrogen-bond acceptors (Lipinski definition) is 5. The maximum Gasteiger partial charge on any atom is 0.227 e. The van der Waals surface area contributed by atoms with Gasteiger partial charge in [0.25, 0.3) is 0 Å². The fourth-order valence-electron chi connectivity index (χ4n) is 14.3. The van der Waals surface area contributed by atoms with Crippen LogP contribution in [0.5, 0.6) is 0 Å². The zero-order chi connectivity index (χ0) is 38.7. The Labute approximate surface area is 346 Å². The van der Waals surface area contributed by atoms with E-state index >= 15 is 0 Å². The summed E-state index contributed by atoms with van der Waals surface area (Å²) in [6, 6.07) is 43.7. The lowest BCUT2D eigenvalue weighted by atomic mass is 9.48. The van der Waals surface area contributed by atoms with Crippen LogP contribution in [-0.2, 0) is 10.8 Å². The number of benzene rings is 5. The molecule has 0 spiro atoms. The van der Waals surface area contributed by atoms with Crippen LogP contribution in [0.2, 0.25) is 0 Å². The third-order valence-electron chi connectivity index (χ3n) is 16.1. The zero-order valence-corrected chi connectivity index (χ0v) is 33.7. The van der Waals surface area contributed by atoms with E-state index in [0.29, 0.717) is 22.5 Å². The molecule has 5 aromatic carbocycles. The highest BCUT2D eigenvalue weighted by atomic mass is 16.3. The summed E-state index contributed by atoms with van der Waals surface area (Å²) in [6.45, 7) is 0. The summed E-state index contributed by atoms with van der Waals surface area (Å²) in [5.41, 5.74) is 11.7. The fourth-order valence-corrected chi connectivity index (χ4v) is 14.3. The SMILES string of the molecule is c1ccc(-c2nc3ccc(-c4ccc(-c5nc(-c6ccc(C78CC9CC(CC(C9)C7)C8)cc6)nc(-c6ccc(C78CC9CC(CC(C9)C7)C8)cc6)n5)cc4)cc3o2)cc1. The number of oxazole rings is 1. The molecule has 0 saturated heterocycles. The highest BCUT2D eigenvalue weighted by molar-refractivity contribution is 5.83. The molecular weight excluding hydrogens is 721 g/mol. The standard InChI is InChI=1S/C54H50N4O/c1-2-4-43(5-3-1)52-55-47-19-14-44(26-48(47)59-52)39-6-8-40(9-7-39)49-56-50(41-10-15-45(16-11-41)53-27-33-20-34(28-53)22-35(21-33)29-53)58-51(57-49)42-12-17-46(18-13-42)54-30-36-23-37(31-54)25-38(24-36)32-54/h1-19,26,33-38H,20-25,27-32H2. The molecule has 292 valence electrons. The van der Waals surface area contributed by atoms with E-state index < -0.39 is 0 Å². The summed E-state index contributed by atoms with van der Waals surface area (Å²) < 4.78 is 6.22. The van der Waals surface area contributed by atoms with E-state index in [1.54, 1.807) is 0 Å². The van der Waals surface area contributed by atoms with Gasteiger partial charge in [0.1, 0.15) is 5.52 Å². The third kappa shape index (κ3) is 5.85. The lowest BCUT2D eigenvalue weighted by Crippen LogP contribution is -2.48. The maximum atomic E-state index is 6.22. The van der Waals surface area contributed by atoms with Crippen molar-refractivity contribution >= 4 is 11.1 Å². The molecular formula is C54H50N4O. The zero-order valence-electron chi connectivity index (χ0n) is 33.7. The molecule has 8 bridgehead atoms. The molecule has 0 N–H and O–H groups in total. The molecule has 5 nitrogen and oxygen atoms in total. The predicted molar refractivity (Wildman–Crippen MR) is 234 cm³/mol. The van der Waals surface area contributed by atoms with Crippen LogP contribution < -0.4 is 0 Å². The van der Waals surface area contributed by atoms with Crippen molar-refractivity contribution in [3.8, 4) is 56.7 Å². The molecule has 8 aliphatic carbocycles. The van der Waals surface area contributed by atoms with Crippen molar-refractivity contribution in [1.29, 1.82) is 0 Å². The molecule has 2 heterocycles. The molecule has 59 heavy (non-hydrogen) atoms. The average molecular weight is 771 g/mol. The Hall–Kier alpha value is -5.42. The second-order valence-electron chi connectivity index (χ2n) is 20.0. The average Bonchev–Trinajstić information content (AvgIpc) is 3.70. The Morgan fingerprint density at radius 3 is 1.20 bits per heavy atom. The highest BCUT2D eigenvalue weighted by Crippen LogP contribution is 2.62. The Balaban J connectivity index is 0.844. The molecule has 8 aliphatic rings. The first-order valence-corrected chi connectivity index (χ1v) is 22.5. The Kier molecular flexibility index (Phi) is 7.61. The molecule has 0 radical (unpaired) electrons. The summed E-state index contributed by atoms with van der Waals surface area (Å²) in [6.07, 6.45) is 17.0. The van der Waals surface area contributed by atoms with Crippen LogP contribution in [-0.4, -0.2) is 19.9 Å². The fraction of sp³-hybridized carbons (Fsp3) is 0.370. The van der Waals surface area contributed by atoms with Crippen molar-refractivity contribution in [3.63, 3.8) is 0 Å². The first-order valence-electron chi connectivity index (χ1n) is 22.5. The van der Waals surface area contributed by atoms with Crippen LogP contribution in [0.25, 0.3) is 67.8 Å². The third-order valence-corrected chi connectivity index (χ3v) is 16.1. The molecule has 0 aliphatic heterocycles. The van der Waals surface area contributed by atoms with Crippen molar-refractivity contribution in [1.82, 2.24) is 19.9 Å². The van der Waals surface area contributed by atoms with Gasteiger partial charge in [-0.15, -0.1) is 0 Å². The van der Waals surface area contributed by atoms with E-state index in [9.17, 15) is 0 Å². The second-order valence-corrected chi connectivity index (χ2v) is 20.0. The molecule has 15 rings (SSSR count). The molecule has 0 unspecified atom stereocenters. The first-order chi connectivity index (χ1) is 29.0. The van der Waals surface area contributed by atoms with Crippen molar-refractivity contribution in [2.75, 3.05) is 0 Å². The maximum absolute atomic E-state index is 6.22. The highest BCUT2D eigenvalue weighted by Gasteiger charge is 2.52. The molecule has 7 aromatic rings. The van der Waals surface area contributed by atoms with Crippen LogP contribution in [0.3, 0.4) is 0 Å². The molecule has 0 atom stereocenters. The normalized spacial score (nSPS) is 30.0. The quantitative estimate of drug-likeness (QED) is 0.161. The number of rotatable bonds is 7. The van der Waals surface area contributed by atoms with Gasteiger partial charge in [0, 0.05) is 22.3 Å².